The second-order valence-corrected chi connectivity index (χ2v) is 7.63. The highest BCUT2D eigenvalue weighted by atomic mass is 19.4. The molecular formula is C22H19F3N6O3. The summed E-state index contributed by atoms with van der Waals surface area (Å²) in [6.07, 6.45) is -3.39. The Labute approximate surface area is 191 Å². The average molecular weight is 472 g/mol. The van der Waals surface area contributed by atoms with Crippen LogP contribution in [0.1, 0.15) is 37.8 Å². The summed E-state index contributed by atoms with van der Waals surface area (Å²) in [4.78, 5) is 28.9. The molecule has 3 aromatic heterocycles. The molecule has 0 aliphatic carbocycles. The first-order valence-corrected chi connectivity index (χ1v) is 9.97. The third-order valence-corrected chi connectivity index (χ3v) is 5.21. The van der Waals surface area contributed by atoms with Crippen molar-refractivity contribution in [3.63, 3.8) is 0 Å². The van der Waals surface area contributed by atoms with Crippen molar-refractivity contribution < 1.29 is 27.5 Å². The van der Waals surface area contributed by atoms with Gasteiger partial charge in [-0.3, -0.25) is 9.48 Å². The number of aromatic nitrogens is 5. The summed E-state index contributed by atoms with van der Waals surface area (Å²) in [6.45, 7) is 3.75. The Bertz CT molecular complexity index is 1440. The van der Waals surface area contributed by atoms with Crippen molar-refractivity contribution in [2.75, 3.05) is 12.4 Å². The molecular weight excluding hydrogens is 453 g/mol. The maximum atomic E-state index is 13.8. The van der Waals surface area contributed by atoms with Gasteiger partial charge >= 0.3 is 12.1 Å². The topological polar surface area (TPSA) is 103 Å². The molecule has 0 aliphatic heterocycles. The minimum Gasteiger partial charge on any atom is -0.464 e. The molecule has 0 fully saturated rings. The molecule has 3 heterocycles. The molecule has 12 heteroatoms. The maximum absolute atomic E-state index is 13.8. The second kappa shape index (κ2) is 8.28. The number of alkyl halides is 3. The normalized spacial score (nSPS) is 11.6. The van der Waals surface area contributed by atoms with Crippen LogP contribution in [-0.2, 0) is 18.0 Å². The van der Waals surface area contributed by atoms with E-state index in [1.54, 1.807) is 18.2 Å². The minimum absolute atomic E-state index is 0.0243. The van der Waals surface area contributed by atoms with Gasteiger partial charge in [0.1, 0.15) is 0 Å². The summed E-state index contributed by atoms with van der Waals surface area (Å²) >= 11 is 0. The largest absolute Gasteiger partial charge is 0.464 e. The monoisotopic (exact) mass is 472 g/mol. The second-order valence-electron chi connectivity index (χ2n) is 7.63. The number of carbonyl (C=O) groups excluding carboxylic acids is 2. The maximum Gasteiger partial charge on any atom is 0.433 e. The lowest BCUT2D eigenvalue weighted by Crippen LogP contribution is -2.17. The fourth-order valence-corrected chi connectivity index (χ4v) is 3.35. The number of hydrogen-bond acceptors (Lipinski definition) is 6. The summed E-state index contributed by atoms with van der Waals surface area (Å²) in [7, 11) is 2.68. The van der Waals surface area contributed by atoms with Crippen LogP contribution >= 0.6 is 0 Å². The van der Waals surface area contributed by atoms with Gasteiger partial charge in [0.05, 0.1) is 18.5 Å². The first kappa shape index (κ1) is 23.0. The average Bonchev–Trinajstić information content (AvgIpc) is 3.36. The van der Waals surface area contributed by atoms with E-state index in [1.807, 2.05) is 13.8 Å². The fraction of sp³-hybridized carbons (Fsp3) is 0.227. The van der Waals surface area contributed by atoms with Crippen LogP contribution in [-0.4, -0.2) is 43.4 Å². The molecule has 0 saturated carbocycles. The van der Waals surface area contributed by atoms with Gasteiger partial charge in [-0.25, -0.2) is 14.3 Å². The zero-order chi connectivity index (χ0) is 24.8. The third-order valence-electron chi connectivity index (χ3n) is 5.21. The SMILES string of the molecule is COC(=O)c1nn(C)cc1NC(=O)c1cc2nc(-c3ccc(C)c(C)c3)cc(C(F)(F)F)n2n1. The number of aryl methyl sites for hydroxylation is 3. The van der Waals surface area contributed by atoms with Crippen molar-refractivity contribution in [1.82, 2.24) is 24.4 Å². The molecule has 4 aromatic rings. The third kappa shape index (κ3) is 4.21. The molecule has 0 bridgehead atoms. The molecule has 0 radical (unpaired) electrons. The van der Waals surface area contributed by atoms with E-state index in [1.165, 1.54) is 17.9 Å². The number of benzene rings is 1. The number of carbonyl (C=O) groups is 2. The van der Waals surface area contributed by atoms with Crippen molar-refractivity contribution in [3.05, 3.63) is 64.7 Å². The predicted molar refractivity (Wildman–Crippen MR) is 115 cm³/mol. The number of anilines is 1. The van der Waals surface area contributed by atoms with Gasteiger partial charge < -0.3 is 10.1 Å². The summed E-state index contributed by atoms with van der Waals surface area (Å²) < 4.78 is 48.0. The van der Waals surface area contributed by atoms with Gasteiger partial charge in [-0.15, -0.1) is 0 Å². The van der Waals surface area contributed by atoms with E-state index >= 15 is 0 Å². The zero-order valence-corrected chi connectivity index (χ0v) is 18.6. The Morgan fingerprint density at radius 1 is 1.06 bits per heavy atom. The van der Waals surface area contributed by atoms with E-state index in [9.17, 15) is 22.8 Å². The molecule has 0 atom stereocenters. The zero-order valence-electron chi connectivity index (χ0n) is 18.6. The van der Waals surface area contributed by atoms with Crippen molar-refractivity contribution in [1.29, 1.82) is 0 Å². The highest BCUT2D eigenvalue weighted by Gasteiger charge is 2.36. The van der Waals surface area contributed by atoms with Crippen molar-refractivity contribution in [2.24, 2.45) is 7.05 Å². The molecule has 4 rings (SSSR count). The summed E-state index contributed by atoms with van der Waals surface area (Å²) in [5.41, 5.74) is 0.787. The molecule has 1 aromatic carbocycles. The molecule has 9 nitrogen and oxygen atoms in total. The summed E-state index contributed by atoms with van der Waals surface area (Å²) in [5.74, 6) is -1.63. The number of halogens is 3. The van der Waals surface area contributed by atoms with Crippen LogP contribution in [0, 0.1) is 13.8 Å². The van der Waals surface area contributed by atoms with Gasteiger partial charge in [0.25, 0.3) is 5.91 Å². The fourth-order valence-electron chi connectivity index (χ4n) is 3.35. The molecule has 0 unspecified atom stereocenters. The predicted octanol–water partition coefficient (Wildman–Crippen LogP) is 3.80. The van der Waals surface area contributed by atoms with E-state index in [4.69, 9.17) is 0 Å². The Kier molecular flexibility index (Phi) is 5.59. The first-order valence-electron chi connectivity index (χ1n) is 9.97. The lowest BCUT2D eigenvalue weighted by atomic mass is 10.0. The van der Waals surface area contributed by atoms with E-state index in [0.717, 1.165) is 30.4 Å². The van der Waals surface area contributed by atoms with E-state index < -0.39 is 23.7 Å². The van der Waals surface area contributed by atoms with Crippen LogP contribution in [0.4, 0.5) is 18.9 Å². The Hall–Kier alpha value is -4.22. The molecule has 0 aliphatic rings. The number of esters is 1. The Balaban J connectivity index is 1.78. The van der Waals surface area contributed by atoms with Gasteiger partial charge in [-0.2, -0.15) is 23.4 Å². The summed E-state index contributed by atoms with van der Waals surface area (Å²) in [5, 5.41) is 10.2. The van der Waals surface area contributed by atoms with Gasteiger partial charge in [0.2, 0.25) is 0 Å². The highest BCUT2D eigenvalue weighted by Crippen LogP contribution is 2.33. The summed E-state index contributed by atoms with van der Waals surface area (Å²) in [6, 6.07) is 7.26. The number of rotatable bonds is 4. The number of hydrogen-bond donors (Lipinski definition) is 1. The van der Waals surface area contributed by atoms with Crippen LogP contribution in [0.25, 0.3) is 16.9 Å². The number of nitrogens with one attached hydrogen (secondary N) is 1. The number of ether oxygens (including phenoxy) is 1. The number of methoxy groups -OCH3 is 1. The van der Waals surface area contributed by atoms with Gasteiger partial charge in [0, 0.05) is 24.9 Å². The Morgan fingerprint density at radius 2 is 1.79 bits per heavy atom. The van der Waals surface area contributed by atoms with Crippen LogP contribution in [0.2, 0.25) is 0 Å². The first-order chi connectivity index (χ1) is 16.0. The van der Waals surface area contributed by atoms with E-state index in [2.05, 4.69) is 25.2 Å². The van der Waals surface area contributed by atoms with Gasteiger partial charge in [-0.1, -0.05) is 12.1 Å². The highest BCUT2D eigenvalue weighted by molar-refractivity contribution is 6.06. The van der Waals surface area contributed by atoms with Gasteiger partial charge in [-0.05, 0) is 37.1 Å². The van der Waals surface area contributed by atoms with Crippen molar-refractivity contribution in [2.45, 2.75) is 20.0 Å². The van der Waals surface area contributed by atoms with E-state index in [0.29, 0.717) is 10.1 Å². The van der Waals surface area contributed by atoms with Crippen molar-refractivity contribution >= 4 is 23.2 Å². The molecule has 1 N–H and O–H groups in total. The smallest absolute Gasteiger partial charge is 0.433 e. The quantitative estimate of drug-likeness (QED) is 0.453. The molecule has 0 spiro atoms. The number of amides is 1. The lowest BCUT2D eigenvalue weighted by molar-refractivity contribution is -0.142. The Morgan fingerprint density at radius 3 is 2.44 bits per heavy atom. The van der Waals surface area contributed by atoms with E-state index in [-0.39, 0.29) is 28.4 Å². The van der Waals surface area contributed by atoms with Crippen LogP contribution in [0.3, 0.4) is 0 Å². The van der Waals surface area contributed by atoms with Crippen molar-refractivity contribution in [3.8, 4) is 11.3 Å². The van der Waals surface area contributed by atoms with Crippen LogP contribution in [0.5, 0.6) is 0 Å². The van der Waals surface area contributed by atoms with Crippen LogP contribution < -0.4 is 5.32 Å². The van der Waals surface area contributed by atoms with Crippen LogP contribution in [0.15, 0.2) is 36.5 Å². The van der Waals surface area contributed by atoms with Gasteiger partial charge in [0.15, 0.2) is 22.7 Å². The number of fused-ring (bicyclic) bond motifs is 1. The molecule has 176 valence electrons. The molecule has 34 heavy (non-hydrogen) atoms. The molecule has 1 amide bonds. The lowest BCUT2D eigenvalue weighted by Gasteiger charge is -2.11. The minimum atomic E-state index is -4.75. The standard InChI is InChI=1S/C22H19F3N6O3/c1-11-5-6-13(7-12(11)2)14-8-17(22(23,24)25)31-18(26-14)9-15(28-31)20(32)27-16-10-30(3)29-19(16)21(33)34-4/h5-10H,1-4H3,(H,27,32). The molecule has 0 saturated heterocycles. The number of nitrogens with zero attached hydrogens (tertiary/aromatic N) is 5.